The highest BCUT2D eigenvalue weighted by Crippen LogP contribution is 2.29. The zero-order chi connectivity index (χ0) is 7.68. The van der Waals surface area contributed by atoms with Crippen LogP contribution >= 0.6 is 27.3 Å². The molecule has 2 rings (SSSR count). The van der Waals surface area contributed by atoms with E-state index in [1.54, 1.807) is 17.7 Å². The van der Waals surface area contributed by atoms with Crippen molar-refractivity contribution in [3.05, 3.63) is 20.8 Å². The molecule has 0 amide bonds. The molecule has 2 N–H and O–H groups in total. The average molecular weight is 232 g/mol. The number of hydrazine groups is 1. The third-order valence-corrected chi connectivity index (χ3v) is 3.32. The number of nitrogens with one attached hydrogen (secondary N) is 2. The van der Waals surface area contributed by atoms with Crippen LogP contribution in [-0.4, -0.2) is 6.34 Å². The molecule has 1 aromatic rings. The van der Waals surface area contributed by atoms with Gasteiger partial charge in [0.2, 0.25) is 0 Å². The second kappa shape index (κ2) is 2.92. The van der Waals surface area contributed by atoms with Gasteiger partial charge in [-0.25, -0.2) is 10.4 Å². The Kier molecular flexibility index (Phi) is 1.93. The van der Waals surface area contributed by atoms with Crippen LogP contribution in [-0.2, 0) is 0 Å². The van der Waals surface area contributed by atoms with Crippen LogP contribution < -0.4 is 10.9 Å². The smallest absolute Gasteiger partial charge is 0.153 e. The van der Waals surface area contributed by atoms with E-state index in [0.717, 1.165) is 4.47 Å². The predicted octanol–water partition coefficient (Wildman–Crippen LogP) is 1.65. The minimum atomic E-state index is 0.0735. The van der Waals surface area contributed by atoms with Crippen molar-refractivity contribution >= 4 is 33.6 Å². The Bertz CT molecular complexity index is 283. The van der Waals surface area contributed by atoms with Gasteiger partial charge in [0.05, 0.1) is 11.2 Å². The first-order valence-corrected chi connectivity index (χ1v) is 4.81. The third-order valence-electron chi connectivity index (χ3n) is 1.40. The second-order valence-electron chi connectivity index (χ2n) is 2.10. The van der Waals surface area contributed by atoms with Gasteiger partial charge in [-0.05, 0) is 27.4 Å². The van der Waals surface area contributed by atoms with E-state index < -0.39 is 0 Å². The van der Waals surface area contributed by atoms with Gasteiger partial charge in [-0.2, -0.15) is 0 Å². The number of hydrogen-bond donors (Lipinski definition) is 2. The number of thiophene rings is 1. The molecule has 11 heavy (non-hydrogen) atoms. The Morgan fingerprint density at radius 3 is 3.09 bits per heavy atom. The van der Waals surface area contributed by atoms with Crippen molar-refractivity contribution in [3.63, 3.8) is 0 Å². The summed E-state index contributed by atoms with van der Waals surface area (Å²) in [6.07, 6.45) is 1.74. The van der Waals surface area contributed by atoms with E-state index in [1.807, 2.05) is 11.4 Å². The molecule has 3 nitrogen and oxygen atoms in total. The summed E-state index contributed by atoms with van der Waals surface area (Å²) >= 11 is 5.13. The van der Waals surface area contributed by atoms with Gasteiger partial charge in [-0.1, -0.05) is 0 Å². The maximum Gasteiger partial charge on any atom is 0.153 e. The zero-order valence-corrected chi connectivity index (χ0v) is 7.95. The van der Waals surface area contributed by atoms with Crippen LogP contribution in [0.1, 0.15) is 11.0 Å². The van der Waals surface area contributed by atoms with Crippen molar-refractivity contribution in [3.8, 4) is 0 Å². The monoisotopic (exact) mass is 231 g/mol. The van der Waals surface area contributed by atoms with Crippen LogP contribution in [0.4, 0.5) is 0 Å². The van der Waals surface area contributed by atoms with Gasteiger partial charge < -0.3 is 5.43 Å². The quantitative estimate of drug-likeness (QED) is 0.772. The van der Waals surface area contributed by atoms with Crippen molar-refractivity contribution < 1.29 is 0 Å². The molecular formula is C6H6BrN3S. The first kappa shape index (κ1) is 7.27. The Balaban J connectivity index is 2.28. The summed E-state index contributed by atoms with van der Waals surface area (Å²) in [6.45, 7) is 0. The molecule has 2 heterocycles. The maximum atomic E-state index is 4.17. The minimum absolute atomic E-state index is 0.0735. The molecule has 0 bridgehead atoms. The Morgan fingerprint density at radius 2 is 2.55 bits per heavy atom. The van der Waals surface area contributed by atoms with E-state index in [1.165, 1.54) is 4.88 Å². The summed E-state index contributed by atoms with van der Waals surface area (Å²) in [5.74, 6) is 0. The van der Waals surface area contributed by atoms with Crippen molar-refractivity contribution in [2.45, 2.75) is 6.17 Å². The zero-order valence-electron chi connectivity index (χ0n) is 5.54. The number of halogens is 1. The fraction of sp³-hybridized carbons (Fsp3) is 0.167. The lowest BCUT2D eigenvalue weighted by atomic mass is 10.4. The molecule has 58 valence electrons. The lowest BCUT2D eigenvalue weighted by molar-refractivity contribution is 0.583. The number of hydrogen-bond acceptors (Lipinski definition) is 4. The third kappa shape index (κ3) is 1.31. The molecular weight excluding hydrogens is 226 g/mol. The summed E-state index contributed by atoms with van der Waals surface area (Å²) in [7, 11) is 0. The van der Waals surface area contributed by atoms with E-state index in [9.17, 15) is 0 Å². The molecule has 5 heteroatoms. The molecule has 0 aliphatic carbocycles. The summed E-state index contributed by atoms with van der Waals surface area (Å²) < 4.78 is 1.11. The molecule has 0 radical (unpaired) electrons. The molecule has 1 atom stereocenters. The first-order valence-electron chi connectivity index (χ1n) is 3.13. The highest BCUT2D eigenvalue weighted by molar-refractivity contribution is 9.10. The van der Waals surface area contributed by atoms with Crippen LogP contribution in [0.3, 0.4) is 0 Å². The predicted molar refractivity (Wildman–Crippen MR) is 49.5 cm³/mol. The van der Waals surface area contributed by atoms with Crippen LogP contribution in [0.15, 0.2) is 20.9 Å². The normalized spacial score (nSPS) is 22.1. The van der Waals surface area contributed by atoms with E-state index in [-0.39, 0.29) is 6.17 Å². The van der Waals surface area contributed by atoms with E-state index in [0.29, 0.717) is 0 Å². The molecule has 0 aromatic carbocycles. The first-order chi connectivity index (χ1) is 5.38. The number of aliphatic imine (C=N–C) groups is 1. The van der Waals surface area contributed by atoms with Crippen molar-refractivity contribution in [1.82, 2.24) is 10.9 Å². The SMILES string of the molecule is Brc1ccsc1C1N=CNN1. The van der Waals surface area contributed by atoms with Crippen molar-refractivity contribution in [2.24, 2.45) is 4.99 Å². The van der Waals surface area contributed by atoms with Crippen molar-refractivity contribution in [2.75, 3.05) is 0 Å². The van der Waals surface area contributed by atoms with Crippen molar-refractivity contribution in [1.29, 1.82) is 0 Å². The topological polar surface area (TPSA) is 36.4 Å². The Morgan fingerprint density at radius 1 is 1.64 bits per heavy atom. The Labute approximate surface area is 76.6 Å². The summed E-state index contributed by atoms with van der Waals surface area (Å²) in [4.78, 5) is 5.37. The van der Waals surface area contributed by atoms with Gasteiger partial charge in [0.15, 0.2) is 6.17 Å². The molecule has 0 fully saturated rings. The van der Waals surface area contributed by atoms with Gasteiger partial charge in [0.25, 0.3) is 0 Å². The number of rotatable bonds is 1. The van der Waals surface area contributed by atoms with Crippen LogP contribution in [0.5, 0.6) is 0 Å². The number of nitrogens with zero attached hydrogens (tertiary/aromatic N) is 1. The van der Waals surface area contributed by atoms with Gasteiger partial charge in [-0.3, -0.25) is 0 Å². The average Bonchev–Trinajstić information content (AvgIpc) is 2.55. The molecule has 1 unspecified atom stereocenters. The summed E-state index contributed by atoms with van der Waals surface area (Å²) in [6, 6.07) is 2.02. The van der Waals surface area contributed by atoms with Gasteiger partial charge in [0, 0.05) is 4.47 Å². The summed E-state index contributed by atoms with van der Waals surface area (Å²) in [5.41, 5.74) is 5.84. The largest absolute Gasteiger partial charge is 0.310 e. The van der Waals surface area contributed by atoms with Gasteiger partial charge in [-0.15, -0.1) is 11.3 Å². The maximum absolute atomic E-state index is 4.17. The van der Waals surface area contributed by atoms with E-state index in [2.05, 4.69) is 31.8 Å². The molecule has 1 aliphatic heterocycles. The van der Waals surface area contributed by atoms with Crippen LogP contribution in [0.2, 0.25) is 0 Å². The molecule has 0 saturated carbocycles. The second-order valence-corrected chi connectivity index (χ2v) is 3.90. The highest BCUT2D eigenvalue weighted by Gasteiger charge is 2.15. The van der Waals surface area contributed by atoms with E-state index >= 15 is 0 Å². The fourth-order valence-corrected chi connectivity index (χ4v) is 2.48. The molecule has 1 aromatic heterocycles. The fourth-order valence-electron chi connectivity index (χ4n) is 0.899. The standard InChI is InChI=1S/C6H6BrN3S/c7-4-1-2-11-5(4)6-8-3-9-10-6/h1-3,6,10H,(H,8,9). The molecule has 1 aliphatic rings. The van der Waals surface area contributed by atoms with E-state index in [4.69, 9.17) is 0 Å². The summed E-state index contributed by atoms with van der Waals surface area (Å²) in [5, 5.41) is 2.04. The lowest BCUT2D eigenvalue weighted by Crippen LogP contribution is -2.25. The minimum Gasteiger partial charge on any atom is -0.310 e. The van der Waals surface area contributed by atoms with Gasteiger partial charge in [0.1, 0.15) is 0 Å². The van der Waals surface area contributed by atoms with Gasteiger partial charge >= 0.3 is 0 Å². The Hall–Kier alpha value is -0.390. The lowest BCUT2D eigenvalue weighted by Gasteiger charge is -2.04. The molecule has 0 spiro atoms. The molecule has 0 saturated heterocycles. The highest BCUT2D eigenvalue weighted by atomic mass is 79.9. The van der Waals surface area contributed by atoms with Crippen LogP contribution in [0.25, 0.3) is 0 Å². The van der Waals surface area contributed by atoms with Crippen LogP contribution in [0, 0.1) is 0 Å².